The van der Waals surface area contributed by atoms with Crippen molar-refractivity contribution in [2.75, 3.05) is 5.32 Å². The topological polar surface area (TPSA) is 96.5 Å². The van der Waals surface area contributed by atoms with Crippen LogP contribution in [-0.2, 0) is 19.2 Å². The molecule has 27 heavy (non-hydrogen) atoms. The van der Waals surface area contributed by atoms with Crippen LogP contribution in [0.1, 0.15) is 34.6 Å². The fourth-order valence-electron chi connectivity index (χ4n) is 1.96. The van der Waals surface area contributed by atoms with Crippen molar-refractivity contribution in [3.63, 3.8) is 0 Å². The molecule has 7 nitrogen and oxygen atoms in total. The number of hydrogen-bond donors (Lipinski definition) is 3. The van der Waals surface area contributed by atoms with Crippen molar-refractivity contribution in [3.05, 3.63) is 28.2 Å². The van der Waals surface area contributed by atoms with Gasteiger partial charge in [0, 0.05) is 11.6 Å². The second-order valence-electron chi connectivity index (χ2n) is 6.77. The molecule has 0 aromatic heterocycles. The molecule has 9 heteroatoms. The normalized spacial score (nSPS) is 13.1. The lowest BCUT2D eigenvalue weighted by atomic mass is 10.0. The number of halogens is 2. The third-order valence-electron chi connectivity index (χ3n) is 3.69. The number of amides is 2. The lowest BCUT2D eigenvalue weighted by Gasteiger charge is -2.23. The van der Waals surface area contributed by atoms with Crippen LogP contribution in [0.4, 0.5) is 5.69 Å². The van der Waals surface area contributed by atoms with Gasteiger partial charge in [-0.2, -0.15) is 5.48 Å². The predicted octanol–water partition coefficient (Wildman–Crippen LogP) is 3.17. The standard InChI is InChI=1S/C18H25Cl2N3O4/c1-9(2)15(18(26)27-23-16(24)10(3)4)22-17(25)11(5)21-12-6-7-13(19)14(20)8-12/h6-11,15,21H,1-5H3,(H,22,25)(H,23,24)/t11-,15-/m0/s1. The van der Waals surface area contributed by atoms with Crippen LogP contribution in [0, 0.1) is 11.8 Å². The Kier molecular flexibility index (Phi) is 8.85. The summed E-state index contributed by atoms with van der Waals surface area (Å²) in [5, 5.41) is 6.38. The minimum absolute atomic E-state index is 0.241. The average Bonchev–Trinajstić information content (AvgIpc) is 2.59. The molecule has 1 aromatic rings. The number of anilines is 1. The molecule has 0 bridgehead atoms. The first kappa shape index (κ1) is 23.0. The zero-order valence-corrected chi connectivity index (χ0v) is 17.4. The minimum atomic E-state index is -0.914. The Morgan fingerprint density at radius 3 is 2.11 bits per heavy atom. The Bertz CT molecular complexity index is 695. The second-order valence-corrected chi connectivity index (χ2v) is 7.58. The van der Waals surface area contributed by atoms with E-state index in [4.69, 9.17) is 28.0 Å². The summed E-state index contributed by atoms with van der Waals surface area (Å²) in [6.45, 7) is 8.49. The van der Waals surface area contributed by atoms with Crippen LogP contribution >= 0.6 is 23.2 Å². The molecule has 0 saturated carbocycles. The maximum atomic E-state index is 12.4. The van der Waals surface area contributed by atoms with Gasteiger partial charge >= 0.3 is 5.97 Å². The van der Waals surface area contributed by atoms with Crippen LogP contribution in [-0.4, -0.2) is 29.9 Å². The van der Waals surface area contributed by atoms with Crippen molar-refractivity contribution >= 4 is 46.7 Å². The molecule has 0 aliphatic carbocycles. The molecule has 0 aliphatic rings. The van der Waals surface area contributed by atoms with Gasteiger partial charge in [-0.25, -0.2) is 4.79 Å². The highest BCUT2D eigenvalue weighted by Gasteiger charge is 2.28. The number of benzene rings is 1. The third-order valence-corrected chi connectivity index (χ3v) is 4.43. The summed E-state index contributed by atoms with van der Waals surface area (Å²) in [7, 11) is 0. The number of hydrogen-bond acceptors (Lipinski definition) is 5. The van der Waals surface area contributed by atoms with Gasteiger partial charge in [-0.3, -0.25) is 9.59 Å². The van der Waals surface area contributed by atoms with Gasteiger partial charge in [0.25, 0.3) is 5.91 Å². The third kappa shape index (κ3) is 7.27. The summed E-state index contributed by atoms with van der Waals surface area (Å²) in [6.07, 6.45) is 0. The van der Waals surface area contributed by atoms with E-state index < -0.39 is 29.9 Å². The number of carbonyl (C=O) groups excluding carboxylic acids is 3. The molecule has 1 rings (SSSR count). The Balaban J connectivity index is 2.69. The Morgan fingerprint density at radius 1 is 0.963 bits per heavy atom. The fraction of sp³-hybridized carbons (Fsp3) is 0.500. The van der Waals surface area contributed by atoms with E-state index in [9.17, 15) is 14.4 Å². The van der Waals surface area contributed by atoms with Crippen LogP contribution < -0.4 is 16.1 Å². The molecule has 0 saturated heterocycles. The summed E-state index contributed by atoms with van der Waals surface area (Å²) in [4.78, 5) is 41.0. The summed E-state index contributed by atoms with van der Waals surface area (Å²) in [5.41, 5.74) is 2.70. The lowest BCUT2D eigenvalue weighted by Crippen LogP contribution is -2.51. The molecule has 0 heterocycles. The summed E-state index contributed by atoms with van der Waals surface area (Å²) in [5.74, 6) is -2.15. The van der Waals surface area contributed by atoms with Crippen LogP contribution in [0.3, 0.4) is 0 Å². The summed E-state index contributed by atoms with van der Waals surface area (Å²) < 4.78 is 0. The van der Waals surface area contributed by atoms with Crippen molar-refractivity contribution < 1.29 is 19.2 Å². The number of carbonyl (C=O) groups is 3. The van der Waals surface area contributed by atoms with E-state index in [1.54, 1.807) is 52.8 Å². The quantitative estimate of drug-likeness (QED) is 0.591. The van der Waals surface area contributed by atoms with E-state index in [0.717, 1.165) is 0 Å². The highest BCUT2D eigenvalue weighted by molar-refractivity contribution is 6.42. The monoisotopic (exact) mass is 417 g/mol. The molecule has 2 atom stereocenters. The molecule has 1 aromatic carbocycles. The zero-order chi connectivity index (χ0) is 20.7. The maximum Gasteiger partial charge on any atom is 0.354 e. The van der Waals surface area contributed by atoms with Crippen molar-refractivity contribution in [1.29, 1.82) is 0 Å². The molecule has 0 spiro atoms. The van der Waals surface area contributed by atoms with Crippen molar-refractivity contribution in [2.24, 2.45) is 11.8 Å². The van der Waals surface area contributed by atoms with E-state index in [0.29, 0.717) is 15.7 Å². The zero-order valence-electron chi connectivity index (χ0n) is 15.9. The van der Waals surface area contributed by atoms with E-state index in [2.05, 4.69) is 16.1 Å². The number of rotatable bonds is 7. The molecule has 0 radical (unpaired) electrons. The van der Waals surface area contributed by atoms with E-state index >= 15 is 0 Å². The van der Waals surface area contributed by atoms with Gasteiger partial charge in [-0.1, -0.05) is 50.9 Å². The second kappa shape index (κ2) is 10.4. The average molecular weight is 418 g/mol. The van der Waals surface area contributed by atoms with E-state index in [1.807, 2.05) is 0 Å². The molecule has 150 valence electrons. The van der Waals surface area contributed by atoms with Gasteiger partial charge in [-0.05, 0) is 31.0 Å². The van der Waals surface area contributed by atoms with Gasteiger partial charge in [0.1, 0.15) is 12.1 Å². The van der Waals surface area contributed by atoms with Gasteiger partial charge < -0.3 is 15.5 Å². The largest absolute Gasteiger partial charge is 0.374 e. The lowest BCUT2D eigenvalue weighted by molar-refractivity contribution is -0.163. The van der Waals surface area contributed by atoms with Crippen LogP contribution in [0.15, 0.2) is 18.2 Å². The summed E-state index contributed by atoms with van der Waals surface area (Å²) in [6, 6.07) is 3.34. The molecule has 0 aliphatic heterocycles. The van der Waals surface area contributed by atoms with Crippen LogP contribution in [0.25, 0.3) is 0 Å². The first-order valence-electron chi connectivity index (χ1n) is 8.55. The molecule has 2 amide bonds. The first-order chi connectivity index (χ1) is 12.5. The molecular weight excluding hydrogens is 393 g/mol. The Hall–Kier alpha value is -1.99. The van der Waals surface area contributed by atoms with E-state index in [1.165, 1.54) is 0 Å². The predicted molar refractivity (Wildman–Crippen MR) is 105 cm³/mol. The molecule has 3 N–H and O–H groups in total. The van der Waals surface area contributed by atoms with Crippen LogP contribution in [0.2, 0.25) is 10.0 Å². The number of hydroxylamine groups is 1. The van der Waals surface area contributed by atoms with Crippen LogP contribution in [0.5, 0.6) is 0 Å². The first-order valence-corrected chi connectivity index (χ1v) is 9.31. The highest BCUT2D eigenvalue weighted by Crippen LogP contribution is 2.25. The molecule has 0 unspecified atom stereocenters. The smallest absolute Gasteiger partial charge is 0.354 e. The van der Waals surface area contributed by atoms with Gasteiger partial charge in [-0.15, -0.1) is 0 Å². The van der Waals surface area contributed by atoms with Crippen molar-refractivity contribution in [3.8, 4) is 0 Å². The van der Waals surface area contributed by atoms with Crippen molar-refractivity contribution in [2.45, 2.75) is 46.7 Å². The van der Waals surface area contributed by atoms with Crippen molar-refractivity contribution in [1.82, 2.24) is 10.8 Å². The highest BCUT2D eigenvalue weighted by atomic mass is 35.5. The molecular formula is C18H25Cl2N3O4. The number of nitrogens with one attached hydrogen (secondary N) is 3. The Morgan fingerprint density at radius 2 is 1.59 bits per heavy atom. The molecule has 0 fully saturated rings. The van der Waals surface area contributed by atoms with Gasteiger partial charge in [0.05, 0.1) is 10.0 Å². The Labute approximate surface area is 169 Å². The SMILES string of the molecule is CC(C)C(=O)NOC(=O)[C@@H](NC(=O)[C@H](C)Nc1ccc(Cl)c(Cl)c1)C(C)C. The van der Waals surface area contributed by atoms with E-state index in [-0.39, 0.29) is 11.8 Å². The van der Waals surface area contributed by atoms with Gasteiger partial charge in [0.15, 0.2) is 0 Å². The summed E-state index contributed by atoms with van der Waals surface area (Å²) >= 11 is 11.8. The maximum absolute atomic E-state index is 12.4. The minimum Gasteiger partial charge on any atom is -0.374 e. The van der Waals surface area contributed by atoms with Gasteiger partial charge in [0.2, 0.25) is 5.91 Å². The fourth-order valence-corrected chi connectivity index (χ4v) is 2.26.